The van der Waals surface area contributed by atoms with E-state index in [1.807, 2.05) is 44.3 Å². The third-order valence-corrected chi connectivity index (χ3v) is 5.65. The number of imidazole rings is 1. The molecule has 3 aromatic heterocycles. The van der Waals surface area contributed by atoms with Crippen molar-refractivity contribution in [2.45, 2.75) is 39.8 Å². The maximum atomic E-state index is 15.1. The summed E-state index contributed by atoms with van der Waals surface area (Å²) in [6, 6.07) is 10.1. The molecule has 4 aromatic rings. The number of fused-ring (bicyclic) bond motifs is 2. The van der Waals surface area contributed by atoms with Crippen LogP contribution in [0.3, 0.4) is 0 Å². The summed E-state index contributed by atoms with van der Waals surface area (Å²) in [7, 11) is 0. The maximum Gasteiger partial charge on any atom is 0.156 e. The Labute approximate surface area is 174 Å². The molecule has 0 unspecified atom stereocenters. The normalized spacial score (nSPS) is 19.7. The van der Waals surface area contributed by atoms with Gasteiger partial charge in [-0.15, -0.1) is 0 Å². The molecule has 1 N–H and O–H groups in total. The highest BCUT2D eigenvalue weighted by Crippen LogP contribution is 2.28. The minimum absolute atomic E-state index is 0.306. The number of piperazine rings is 1. The molecule has 5 rings (SSSR count). The summed E-state index contributed by atoms with van der Waals surface area (Å²) in [5.74, 6) is -0.306. The number of anilines is 1. The van der Waals surface area contributed by atoms with E-state index in [-0.39, 0.29) is 5.82 Å². The molecule has 0 spiro atoms. The summed E-state index contributed by atoms with van der Waals surface area (Å²) in [4.78, 5) is 11.3. The van der Waals surface area contributed by atoms with Crippen molar-refractivity contribution in [3.05, 3.63) is 53.6 Å². The van der Waals surface area contributed by atoms with Crippen LogP contribution in [-0.4, -0.2) is 44.8 Å². The summed E-state index contributed by atoms with van der Waals surface area (Å²) in [5.41, 5.74) is 5.36. The van der Waals surface area contributed by atoms with Crippen LogP contribution in [0.5, 0.6) is 0 Å². The van der Waals surface area contributed by atoms with Gasteiger partial charge in [0.2, 0.25) is 0 Å². The second-order valence-electron chi connectivity index (χ2n) is 8.43. The standard InChI is InChI=1S/C23H25FN6/c1-13-7-21(28-30-12-16(4)26-23(13)30)20-6-5-17-8-18(9-19(24)22(17)27-20)29-10-14(2)25-15(3)11-29/h5-9,12,14-15,25H,10-11H2,1-4H3/t14-,15+. The predicted molar refractivity (Wildman–Crippen MR) is 117 cm³/mol. The molecule has 0 saturated carbocycles. The van der Waals surface area contributed by atoms with E-state index in [2.05, 4.69) is 39.1 Å². The highest BCUT2D eigenvalue weighted by Gasteiger charge is 2.22. The van der Waals surface area contributed by atoms with Gasteiger partial charge in [0.15, 0.2) is 11.5 Å². The van der Waals surface area contributed by atoms with E-state index in [0.717, 1.165) is 41.1 Å². The van der Waals surface area contributed by atoms with Crippen LogP contribution in [0, 0.1) is 19.7 Å². The van der Waals surface area contributed by atoms with Crippen molar-refractivity contribution in [3.63, 3.8) is 0 Å². The first-order valence-corrected chi connectivity index (χ1v) is 10.3. The first-order chi connectivity index (χ1) is 14.4. The number of benzene rings is 1. The monoisotopic (exact) mass is 404 g/mol. The number of pyridine rings is 1. The fourth-order valence-corrected chi connectivity index (χ4v) is 4.41. The zero-order valence-electron chi connectivity index (χ0n) is 17.6. The second-order valence-corrected chi connectivity index (χ2v) is 8.43. The van der Waals surface area contributed by atoms with Crippen LogP contribution < -0.4 is 10.2 Å². The van der Waals surface area contributed by atoms with Crippen LogP contribution in [0.2, 0.25) is 0 Å². The molecule has 30 heavy (non-hydrogen) atoms. The molecule has 1 aromatic carbocycles. The van der Waals surface area contributed by atoms with E-state index in [1.165, 1.54) is 0 Å². The Kier molecular flexibility index (Phi) is 4.43. The van der Waals surface area contributed by atoms with Gasteiger partial charge in [0.1, 0.15) is 11.2 Å². The van der Waals surface area contributed by atoms with Crippen molar-refractivity contribution in [1.29, 1.82) is 0 Å². The number of halogens is 1. The Bertz CT molecular complexity index is 1250. The van der Waals surface area contributed by atoms with Crippen LogP contribution in [0.4, 0.5) is 10.1 Å². The van der Waals surface area contributed by atoms with E-state index in [9.17, 15) is 0 Å². The van der Waals surface area contributed by atoms with Crippen molar-refractivity contribution in [3.8, 4) is 11.4 Å². The SMILES string of the molecule is Cc1cn2nc(-c3ccc4cc(N5C[C@@H](C)N[C@@H](C)C5)cc(F)c4n3)cc(C)c2n1. The molecule has 2 atom stereocenters. The molecule has 6 nitrogen and oxygen atoms in total. The Hall–Kier alpha value is -3.06. The van der Waals surface area contributed by atoms with Gasteiger partial charge in [0, 0.05) is 36.2 Å². The lowest BCUT2D eigenvalue weighted by Crippen LogP contribution is -2.54. The topological polar surface area (TPSA) is 58.4 Å². The first-order valence-electron chi connectivity index (χ1n) is 10.3. The molecule has 1 fully saturated rings. The number of hydrogen-bond acceptors (Lipinski definition) is 5. The van der Waals surface area contributed by atoms with Gasteiger partial charge in [-0.25, -0.2) is 18.9 Å². The third-order valence-electron chi connectivity index (χ3n) is 5.65. The van der Waals surface area contributed by atoms with Crippen molar-refractivity contribution >= 4 is 22.2 Å². The summed E-state index contributed by atoms with van der Waals surface area (Å²) < 4.78 is 16.8. The van der Waals surface area contributed by atoms with E-state index in [1.54, 1.807) is 10.6 Å². The molecule has 154 valence electrons. The molecule has 4 heterocycles. The van der Waals surface area contributed by atoms with Gasteiger partial charge in [-0.3, -0.25) is 0 Å². The van der Waals surface area contributed by atoms with E-state index >= 15 is 4.39 Å². The molecule has 0 bridgehead atoms. The molecule has 0 aliphatic carbocycles. The van der Waals surface area contributed by atoms with Crippen molar-refractivity contribution < 1.29 is 4.39 Å². The highest BCUT2D eigenvalue weighted by molar-refractivity contribution is 5.85. The second kappa shape index (κ2) is 7.02. The van der Waals surface area contributed by atoms with Crippen molar-refractivity contribution in [1.82, 2.24) is 24.9 Å². The number of nitrogens with zero attached hydrogens (tertiary/aromatic N) is 5. The van der Waals surface area contributed by atoms with Crippen molar-refractivity contribution in [2.24, 2.45) is 0 Å². The number of hydrogen-bond donors (Lipinski definition) is 1. The van der Waals surface area contributed by atoms with Gasteiger partial charge in [-0.1, -0.05) is 6.07 Å². The molecule has 1 saturated heterocycles. The van der Waals surface area contributed by atoms with Gasteiger partial charge in [-0.2, -0.15) is 5.10 Å². The van der Waals surface area contributed by atoms with Crippen LogP contribution in [0.1, 0.15) is 25.1 Å². The third kappa shape index (κ3) is 3.29. The van der Waals surface area contributed by atoms with E-state index in [0.29, 0.717) is 29.0 Å². The summed E-state index contributed by atoms with van der Waals surface area (Å²) >= 11 is 0. The van der Waals surface area contributed by atoms with Gasteiger partial charge in [0.05, 0.1) is 17.6 Å². The number of rotatable bonds is 2. The minimum atomic E-state index is -0.306. The molecule has 1 aliphatic heterocycles. The Morgan fingerprint density at radius 1 is 1.00 bits per heavy atom. The van der Waals surface area contributed by atoms with Crippen LogP contribution in [0.25, 0.3) is 27.9 Å². The van der Waals surface area contributed by atoms with E-state index in [4.69, 9.17) is 0 Å². The van der Waals surface area contributed by atoms with Gasteiger partial charge in [0.25, 0.3) is 0 Å². The lowest BCUT2D eigenvalue weighted by Gasteiger charge is -2.37. The molecular formula is C23H25FN6. The highest BCUT2D eigenvalue weighted by atomic mass is 19.1. The smallest absolute Gasteiger partial charge is 0.156 e. The molecule has 1 aliphatic rings. The van der Waals surface area contributed by atoms with Crippen LogP contribution >= 0.6 is 0 Å². The number of aryl methyl sites for hydroxylation is 2. The minimum Gasteiger partial charge on any atom is -0.368 e. The molecule has 0 amide bonds. The first kappa shape index (κ1) is 18.9. The quantitative estimate of drug-likeness (QED) is 0.549. The van der Waals surface area contributed by atoms with Gasteiger partial charge >= 0.3 is 0 Å². The summed E-state index contributed by atoms with van der Waals surface area (Å²) in [6.45, 7) is 9.96. The van der Waals surface area contributed by atoms with Gasteiger partial charge < -0.3 is 10.2 Å². The van der Waals surface area contributed by atoms with Crippen LogP contribution in [0.15, 0.2) is 36.5 Å². The Balaban J connectivity index is 1.56. The average Bonchev–Trinajstić information content (AvgIpc) is 3.08. The lowest BCUT2D eigenvalue weighted by atomic mass is 10.1. The zero-order valence-corrected chi connectivity index (χ0v) is 17.6. The number of nitrogens with one attached hydrogen (secondary N) is 1. The Morgan fingerprint density at radius 3 is 2.53 bits per heavy atom. The Morgan fingerprint density at radius 2 is 1.77 bits per heavy atom. The van der Waals surface area contributed by atoms with Crippen LogP contribution in [-0.2, 0) is 0 Å². The summed E-state index contributed by atoms with van der Waals surface area (Å²) in [6.07, 6.45) is 1.88. The fraction of sp³-hybridized carbons (Fsp3) is 0.348. The average molecular weight is 404 g/mol. The maximum absolute atomic E-state index is 15.1. The van der Waals surface area contributed by atoms with Gasteiger partial charge in [-0.05, 0) is 57.5 Å². The number of aromatic nitrogens is 4. The molecule has 0 radical (unpaired) electrons. The molecular weight excluding hydrogens is 379 g/mol. The lowest BCUT2D eigenvalue weighted by molar-refractivity contribution is 0.407. The zero-order chi connectivity index (χ0) is 21.0. The fourth-order valence-electron chi connectivity index (χ4n) is 4.41. The largest absolute Gasteiger partial charge is 0.368 e. The molecule has 7 heteroatoms. The van der Waals surface area contributed by atoms with Crippen molar-refractivity contribution in [2.75, 3.05) is 18.0 Å². The summed E-state index contributed by atoms with van der Waals surface area (Å²) in [5, 5.41) is 8.93. The van der Waals surface area contributed by atoms with E-state index < -0.39 is 0 Å². The predicted octanol–water partition coefficient (Wildman–Crippen LogP) is 3.89.